The van der Waals surface area contributed by atoms with Gasteiger partial charge in [-0.3, -0.25) is 0 Å². The van der Waals surface area contributed by atoms with E-state index in [9.17, 15) is 4.79 Å². The van der Waals surface area contributed by atoms with Crippen LogP contribution in [0, 0.1) is 5.92 Å². The van der Waals surface area contributed by atoms with Gasteiger partial charge >= 0.3 is 6.09 Å². The lowest BCUT2D eigenvalue weighted by molar-refractivity contribution is -0.0146. The van der Waals surface area contributed by atoms with Gasteiger partial charge in [-0.05, 0) is 52.4 Å². The van der Waals surface area contributed by atoms with Gasteiger partial charge in [0.1, 0.15) is 5.60 Å². The summed E-state index contributed by atoms with van der Waals surface area (Å²) >= 11 is 0. The quantitative estimate of drug-likeness (QED) is 0.326. The van der Waals surface area contributed by atoms with Crippen LogP contribution in [0.15, 0.2) is 0 Å². The molecule has 0 aromatic rings. The van der Waals surface area contributed by atoms with Crippen LogP contribution in [-0.4, -0.2) is 90.3 Å². The zero-order valence-corrected chi connectivity index (χ0v) is 19.7. The van der Waals surface area contributed by atoms with Crippen molar-refractivity contribution in [3.05, 3.63) is 0 Å². The molecular formula is C22H44N2O7. The van der Waals surface area contributed by atoms with Crippen molar-refractivity contribution in [3.8, 4) is 0 Å². The van der Waals surface area contributed by atoms with Crippen LogP contribution < -0.4 is 11.1 Å². The lowest BCUT2D eigenvalue weighted by Gasteiger charge is -2.30. The Morgan fingerprint density at radius 3 is 1.68 bits per heavy atom. The van der Waals surface area contributed by atoms with Crippen LogP contribution >= 0.6 is 0 Å². The second-order valence-electron chi connectivity index (χ2n) is 8.68. The molecule has 9 heteroatoms. The zero-order valence-electron chi connectivity index (χ0n) is 19.7. The molecule has 31 heavy (non-hydrogen) atoms. The fourth-order valence-electron chi connectivity index (χ4n) is 3.16. The summed E-state index contributed by atoms with van der Waals surface area (Å²) in [7, 11) is 0. The Balaban J connectivity index is 1.84. The van der Waals surface area contributed by atoms with Crippen LogP contribution in [0.4, 0.5) is 4.79 Å². The van der Waals surface area contributed by atoms with E-state index in [1.54, 1.807) is 0 Å². The van der Waals surface area contributed by atoms with E-state index in [4.69, 9.17) is 34.2 Å². The van der Waals surface area contributed by atoms with Crippen molar-refractivity contribution in [3.63, 3.8) is 0 Å². The third kappa shape index (κ3) is 17.3. The molecule has 1 amide bonds. The first-order valence-corrected chi connectivity index (χ1v) is 11.5. The lowest BCUT2D eigenvalue weighted by Crippen LogP contribution is -2.41. The molecule has 0 aliphatic heterocycles. The Morgan fingerprint density at radius 2 is 1.23 bits per heavy atom. The molecule has 0 spiro atoms. The van der Waals surface area contributed by atoms with E-state index >= 15 is 0 Å². The number of ether oxygens (including phenoxy) is 6. The molecule has 0 unspecified atom stereocenters. The summed E-state index contributed by atoms with van der Waals surface area (Å²) in [5.74, 6) is 0.542. The minimum Gasteiger partial charge on any atom is -0.444 e. The summed E-state index contributed by atoms with van der Waals surface area (Å²) in [6.07, 6.45) is 3.71. The molecule has 184 valence electrons. The largest absolute Gasteiger partial charge is 0.444 e. The SMILES string of the molecule is CC(C)(C)OC(=O)NC1CCC(COCCOCCOCCOCCOCCN)CC1. The van der Waals surface area contributed by atoms with Gasteiger partial charge < -0.3 is 39.5 Å². The number of amides is 1. The van der Waals surface area contributed by atoms with Crippen molar-refractivity contribution in [1.29, 1.82) is 0 Å². The highest BCUT2D eigenvalue weighted by molar-refractivity contribution is 5.68. The molecule has 1 fully saturated rings. The highest BCUT2D eigenvalue weighted by Gasteiger charge is 2.24. The average Bonchev–Trinajstić information content (AvgIpc) is 2.70. The van der Waals surface area contributed by atoms with E-state index in [2.05, 4.69) is 5.32 Å². The van der Waals surface area contributed by atoms with E-state index in [0.29, 0.717) is 71.9 Å². The summed E-state index contributed by atoms with van der Waals surface area (Å²) in [4.78, 5) is 11.8. The van der Waals surface area contributed by atoms with E-state index in [1.165, 1.54) is 0 Å². The first kappa shape index (κ1) is 28.1. The normalized spacial score (nSPS) is 19.4. The van der Waals surface area contributed by atoms with Gasteiger partial charge in [0.05, 0.1) is 59.5 Å². The topological polar surface area (TPSA) is 111 Å². The van der Waals surface area contributed by atoms with Crippen LogP contribution in [0.2, 0.25) is 0 Å². The number of hydrogen-bond acceptors (Lipinski definition) is 8. The first-order chi connectivity index (χ1) is 14.9. The van der Waals surface area contributed by atoms with Gasteiger partial charge in [-0.15, -0.1) is 0 Å². The molecule has 1 saturated carbocycles. The van der Waals surface area contributed by atoms with E-state index in [-0.39, 0.29) is 12.1 Å². The van der Waals surface area contributed by atoms with Gasteiger partial charge in [-0.2, -0.15) is 0 Å². The van der Waals surface area contributed by atoms with Gasteiger partial charge in [0.15, 0.2) is 0 Å². The minimum atomic E-state index is -0.460. The van der Waals surface area contributed by atoms with Crippen molar-refractivity contribution in [2.24, 2.45) is 11.7 Å². The molecule has 0 bridgehead atoms. The van der Waals surface area contributed by atoms with Crippen molar-refractivity contribution < 1.29 is 33.2 Å². The van der Waals surface area contributed by atoms with Crippen LogP contribution in [0.1, 0.15) is 46.5 Å². The van der Waals surface area contributed by atoms with Gasteiger partial charge in [-0.1, -0.05) is 0 Å². The Morgan fingerprint density at radius 1 is 0.774 bits per heavy atom. The van der Waals surface area contributed by atoms with Crippen LogP contribution in [0.25, 0.3) is 0 Å². The summed E-state index contributed by atoms with van der Waals surface area (Å²) < 4.78 is 32.6. The molecule has 0 heterocycles. The Hall–Kier alpha value is -0.970. The van der Waals surface area contributed by atoms with Crippen molar-refractivity contribution in [2.45, 2.75) is 58.1 Å². The standard InChI is InChI=1S/C22H44N2O7/c1-22(2,3)31-21(25)24-20-6-4-19(5-7-20)18-30-17-16-29-15-14-28-13-12-27-11-10-26-9-8-23/h19-20H,4-18,23H2,1-3H3,(H,24,25). The molecule has 0 aromatic carbocycles. The monoisotopic (exact) mass is 448 g/mol. The molecule has 1 aliphatic carbocycles. The highest BCUT2D eigenvalue weighted by Crippen LogP contribution is 2.24. The molecule has 0 radical (unpaired) electrons. The maximum atomic E-state index is 11.8. The van der Waals surface area contributed by atoms with Gasteiger partial charge in [0.2, 0.25) is 0 Å². The second kappa shape index (κ2) is 17.6. The molecular weight excluding hydrogens is 404 g/mol. The summed E-state index contributed by atoms with van der Waals surface area (Å²) in [6, 6.07) is 0.198. The smallest absolute Gasteiger partial charge is 0.407 e. The molecule has 1 aliphatic rings. The van der Waals surface area contributed by atoms with Gasteiger partial charge in [0.25, 0.3) is 0 Å². The fraction of sp³-hybridized carbons (Fsp3) is 0.955. The number of hydrogen-bond donors (Lipinski definition) is 2. The van der Waals surface area contributed by atoms with Crippen molar-refractivity contribution >= 4 is 6.09 Å². The molecule has 1 rings (SSSR count). The third-order valence-corrected chi connectivity index (χ3v) is 4.67. The van der Waals surface area contributed by atoms with Gasteiger partial charge in [0, 0.05) is 19.2 Å². The second-order valence-corrected chi connectivity index (χ2v) is 8.68. The maximum Gasteiger partial charge on any atom is 0.407 e. The van der Waals surface area contributed by atoms with E-state index in [0.717, 1.165) is 32.3 Å². The minimum absolute atomic E-state index is 0.198. The number of nitrogens with one attached hydrogen (secondary N) is 1. The van der Waals surface area contributed by atoms with Crippen LogP contribution in [0.3, 0.4) is 0 Å². The molecule has 3 N–H and O–H groups in total. The molecule has 0 saturated heterocycles. The van der Waals surface area contributed by atoms with Crippen molar-refractivity contribution in [2.75, 3.05) is 72.6 Å². The lowest BCUT2D eigenvalue weighted by atomic mass is 9.86. The number of rotatable bonds is 17. The number of alkyl carbamates (subject to hydrolysis) is 1. The van der Waals surface area contributed by atoms with Crippen LogP contribution in [-0.2, 0) is 28.4 Å². The molecule has 9 nitrogen and oxygen atoms in total. The third-order valence-electron chi connectivity index (χ3n) is 4.67. The number of carbonyl (C=O) groups excluding carboxylic acids is 1. The average molecular weight is 449 g/mol. The zero-order chi connectivity index (χ0) is 22.8. The summed E-state index contributed by atoms with van der Waals surface area (Å²) in [6.45, 7) is 11.9. The van der Waals surface area contributed by atoms with Crippen molar-refractivity contribution in [1.82, 2.24) is 5.32 Å². The summed E-state index contributed by atoms with van der Waals surface area (Å²) in [5.41, 5.74) is 4.86. The summed E-state index contributed by atoms with van der Waals surface area (Å²) in [5, 5.41) is 2.97. The maximum absolute atomic E-state index is 11.8. The van der Waals surface area contributed by atoms with Crippen LogP contribution in [0.5, 0.6) is 0 Å². The van der Waals surface area contributed by atoms with E-state index < -0.39 is 5.60 Å². The first-order valence-electron chi connectivity index (χ1n) is 11.5. The predicted molar refractivity (Wildman–Crippen MR) is 118 cm³/mol. The molecule has 0 aromatic heterocycles. The highest BCUT2D eigenvalue weighted by atomic mass is 16.6. The Kier molecular flexibility index (Phi) is 15.9. The van der Waals surface area contributed by atoms with E-state index in [1.807, 2.05) is 20.8 Å². The Bertz CT molecular complexity index is 438. The Labute approximate surface area is 187 Å². The molecule has 0 atom stereocenters. The fourth-order valence-corrected chi connectivity index (χ4v) is 3.16. The number of nitrogens with two attached hydrogens (primary N) is 1. The van der Waals surface area contributed by atoms with Gasteiger partial charge in [-0.25, -0.2) is 4.79 Å². The predicted octanol–water partition coefficient (Wildman–Crippen LogP) is 2.11. The number of carbonyl (C=O) groups is 1.